The van der Waals surface area contributed by atoms with Crippen molar-refractivity contribution in [2.24, 2.45) is 0 Å². The molecule has 0 radical (unpaired) electrons. The monoisotopic (exact) mass is 552 g/mol. The number of esters is 1. The first-order chi connectivity index (χ1) is 18.8. The minimum atomic E-state index is -0.304. The summed E-state index contributed by atoms with van der Waals surface area (Å²) in [6, 6.07) is 0. The molecule has 0 N–H and O–H groups in total. The van der Waals surface area contributed by atoms with E-state index in [9.17, 15) is 4.79 Å². The summed E-state index contributed by atoms with van der Waals surface area (Å²) in [5, 5.41) is 0. The number of carbonyl (C=O) groups excluding carboxylic acids is 1. The highest BCUT2D eigenvalue weighted by Crippen LogP contribution is 2.08. The molecule has 0 amide bonds. The van der Waals surface area contributed by atoms with Gasteiger partial charge in [0.25, 0.3) is 0 Å². The molecule has 0 spiro atoms. The summed E-state index contributed by atoms with van der Waals surface area (Å²) in [4.78, 5) is 10.6. The van der Waals surface area contributed by atoms with Crippen LogP contribution in [0.4, 0.5) is 0 Å². The fraction of sp³-hybridized carbons (Fsp3) is 0.964. The zero-order chi connectivity index (χ0) is 27.6. The highest BCUT2D eigenvalue weighted by Gasteiger charge is 1.97. The van der Waals surface area contributed by atoms with Gasteiger partial charge < -0.3 is 42.6 Å². The minimum Gasteiger partial charge on any atom is -0.463 e. The molecule has 0 heterocycles. The Morgan fingerprint density at radius 2 is 0.632 bits per heavy atom. The number of rotatable bonds is 33. The second kappa shape index (κ2) is 34.2. The predicted octanol–water partition coefficient (Wildman–Crippen LogP) is 3.82. The van der Waals surface area contributed by atoms with Crippen LogP contribution in [0.25, 0.3) is 0 Å². The van der Waals surface area contributed by atoms with Gasteiger partial charge in [0, 0.05) is 13.5 Å². The Morgan fingerprint density at radius 1 is 0.368 bits per heavy atom. The van der Waals surface area contributed by atoms with Crippen molar-refractivity contribution < 1.29 is 47.4 Å². The van der Waals surface area contributed by atoms with Crippen LogP contribution in [0, 0.1) is 0 Å². The van der Waals surface area contributed by atoms with Crippen LogP contribution in [-0.4, -0.2) is 118 Å². The quantitative estimate of drug-likeness (QED) is 0.0882. The van der Waals surface area contributed by atoms with Gasteiger partial charge >= 0.3 is 5.97 Å². The van der Waals surface area contributed by atoms with Gasteiger partial charge in [-0.05, 0) is 6.42 Å². The maximum Gasteiger partial charge on any atom is 0.302 e. The van der Waals surface area contributed by atoms with E-state index in [0.717, 1.165) is 13.0 Å². The molecule has 0 atom stereocenters. The van der Waals surface area contributed by atoms with E-state index < -0.39 is 0 Å². The van der Waals surface area contributed by atoms with E-state index in [-0.39, 0.29) is 12.6 Å². The minimum absolute atomic E-state index is 0.267. The fourth-order valence-electron chi connectivity index (χ4n) is 3.22. The average Bonchev–Trinajstić information content (AvgIpc) is 2.91. The number of ether oxygens (including phenoxy) is 9. The van der Waals surface area contributed by atoms with Crippen molar-refractivity contribution in [1.29, 1.82) is 0 Å². The van der Waals surface area contributed by atoms with Gasteiger partial charge in [0.05, 0.1) is 99.1 Å². The van der Waals surface area contributed by atoms with Crippen molar-refractivity contribution in [2.45, 2.75) is 65.2 Å². The van der Waals surface area contributed by atoms with Gasteiger partial charge in [-0.15, -0.1) is 0 Å². The van der Waals surface area contributed by atoms with Crippen molar-refractivity contribution in [3.8, 4) is 0 Å². The summed E-state index contributed by atoms with van der Waals surface area (Å²) in [5.41, 5.74) is 0. The van der Waals surface area contributed by atoms with Crippen LogP contribution in [0.5, 0.6) is 0 Å². The van der Waals surface area contributed by atoms with Crippen LogP contribution in [0.3, 0.4) is 0 Å². The Bertz CT molecular complexity index is 453. The van der Waals surface area contributed by atoms with Gasteiger partial charge in [0.1, 0.15) is 6.61 Å². The van der Waals surface area contributed by atoms with Gasteiger partial charge in [-0.25, -0.2) is 0 Å². The Morgan fingerprint density at radius 3 is 0.947 bits per heavy atom. The van der Waals surface area contributed by atoms with E-state index in [4.69, 9.17) is 42.6 Å². The maximum absolute atomic E-state index is 10.6. The molecule has 0 aromatic heterocycles. The first kappa shape index (κ1) is 37.1. The summed E-state index contributed by atoms with van der Waals surface area (Å²) in [6.45, 7) is 12.5. The number of hydrogen-bond donors (Lipinski definition) is 0. The van der Waals surface area contributed by atoms with E-state index in [1.807, 2.05) is 0 Å². The third-order valence-electron chi connectivity index (χ3n) is 5.28. The molecule has 0 aliphatic rings. The van der Waals surface area contributed by atoms with Crippen LogP contribution in [0.1, 0.15) is 65.2 Å². The number of carbonyl (C=O) groups is 1. The first-order valence-corrected chi connectivity index (χ1v) is 14.5. The van der Waals surface area contributed by atoms with Crippen molar-refractivity contribution >= 4 is 5.97 Å². The molecular weight excluding hydrogens is 496 g/mol. The number of unbranched alkanes of at least 4 members (excludes halogenated alkanes) is 7. The summed E-state index contributed by atoms with van der Waals surface area (Å²) >= 11 is 0. The van der Waals surface area contributed by atoms with Crippen molar-refractivity contribution in [1.82, 2.24) is 0 Å². The topological polar surface area (TPSA) is 100 Å². The molecule has 228 valence electrons. The smallest absolute Gasteiger partial charge is 0.302 e. The zero-order valence-corrected chi connectivity index (χ0v) is 24.3. The fourth-order valence-corrected chi connectivity index (χ4v) is 3.22. The highest BCUT2D eigenvalue weighted by molar-refractivity contribution is 5.65. The third-order valence-corrected chi connectivity index (χ3v) is 5.28. The van der Waals surface area contributed by atoms with Crippen molar-refractivity contribution in [2.75, 3.05) is 112 Å². The normalized spacial score (nSPS) is 11.3. The molecule has 10 nitrogen and oxygen atoms in total. The molecule has 0 aliphatic carbocycles. The molecule has 0 aromatic carbocycles. The van der Waals surface area contributed by atoms with Gasteiger partial charge in [-0.3, -0.25) is 4.79 Å². The summed E-state index contributed by atoms with van der Waals surface area (Å²) in [6.07, 6.45) is 10.5. The van der Waals surface area contributed by atoms with E-state index in [2.05, 4.69) is 6.92 Å². The molecular formula is C28H56O10. The molecule has 0 unspecified atom stereocenters. The standard InChI is InChI=1S/C28H56O10/c1-3-4-5-6-7-8-9-10-11-30-12-13-31-14-15-32-16-17-33-18-19-34-20-21-35-22-23-36-24-25-37-26-27-38-28(2)29/h3-27H2,1-2H3. The van der Waals surface area contributed by atoms with Crippen molar-refractivity contribution in [3.05, 3.63) is 0 Å². The van der Waals surface area contributed by atoms with E-state index in [0.29, 0.717) is 99.1 Å². The molecule has 0 saturated heterocycles. The van der Waals surface area contributed by atoms with Crippen LogP contribution in [0.15, 0.2) is 0 Å². The molecule has 0 fully saturated rings. The molecule has 0 bridgehead atoms. The second-order valence-electron chi connectivity index (χ2n) is 8.71. The lowest BCUT2D eigenvalue weighted by molar-refractivity contribution is -0.142. The second-order valence-corrected chi connectivity index (χ2v) is 8.71. The van der Waals surface area contributed by atoms with E-state index in [1.165, 1.54) is 51.9 Å². The van der Waals surface area contributed by atoms with Crippen molar-refractivity contribution in [3.63, 3.8) is 0 Å². The van der Waals surface area contributed by atoms with Gasteiger partial charge in [0.2, 0.25) is 0 Å². The molecule has 0 saturated carbocycles. The number of hydrogen-bond acceptors (Lipinski definition) is 10. The summed E-state index contributed by atoms with van der Waals surface area (Å²) in [7, 11) is 0. The van der Waals surface area contributed by atoms with Crippen LogP contribution < -0.4 is 0 Å². The summed E-state index contributed by atoms with van der Waals surface area (Å²) in [5.74, 6) is -0.304. The highest BCUT2D eigenvalue weighted by atomic mass is 16.6. The molecule has 0 aliphatic heterocycles. The maximum atomic E-state index is 10.6. The zero-order valence-electron chi connectivity index (χ0n) is 24.3. The predicted molar refractivity (Wildman–Crippen MR) is 146 cm³/mol. The SMILES string of the molecule is CCCCCCCCCCOCCOCCOCCOCCOCCOCCOCCOCCOC(C)=O. The lowest BCUT2D eigenvalue weighted by Gasteiger charge is -2.09. The van der Waals surface area contributed by atoms with E-state index >= 15 is 0 Å². The Kier molecular flexibility index (Phi) is 33.4. The van der Waals surface area contributed by atoms with Gasteiger partial charge in [-0.2, -0.15) is 0 Å². The van der Waals surface area contributed by atoms with Gasteiger partial charge in [0.15, 0.2) is 0 Å². The average molecular weight is 553 g/mol. The van der Waals surface area contributed by atoms with E-state index in [1.54, 1.807) is 0 Å². The molecule has 10 heteroatoms. The first-order valence-electron chi connectivity index (χ1n) is 14.5. The summed E-state index contributed by atoms with van der Waals surface area (Å²) < 4.78 is 48.3. The van der Waals surface area contributed by atoms with Crippen LogP contribution >= 0.6 is 0 Å². The Hall–Kier alpha value is -0.850. The van der Waals surface area contributed by atoms with Crippen LogP contribution in [0.2, 0.25) is 0 Å². The third kappa shape index (κ3) is 35.2. The largest absolute Gasteiger partial charge is 0.463 e. The molecule has 0 aromatic rings. The molecule has 38 heavy (non-hydrogen) atoms. The van der Waals surface area contributed by atoms with Crippen LogP contribution in [-0.2, 0) is 47.4 Å². The lowest BCUT2D eigenvalue weighted by Crippen LogP contribution is -2.15. The molecule has 0 rings (SSSR count). The lowest BCUT2D eigenvalue weighted by atomic mass is 10.1. The Labute approximate surface area is 231 Å². The Balaban J connectivity index is 3.02. The van der Waals surface area contributed by atoms with Gasteiger partial charge in [-0.1, -0.05) is 51.9 Å².